The van der Waals surface area contributed by atoms with Gasteiger partial charge in [0.05, 0.1) is 40.3 Å². The van der Waals surface area contributed by atoms with E-state index in [1.807, 2.05) is 0 Å². The zero-order valence-electron chi connectivity index (χ0n) is 16.4. The first-order valence-corrected chi connectivity index (χ1v) is 8.74. The molecule has 2 rings (SSSR count). The minimum absolute atomic E-state index is 0.0873. The van der Waals surface area contributed by atoms with Crippen LogP contribution in [0.25, 0.3) is 0 Å². The van der Waals surface area contributed by atoms with E-state index in [0.717, 1.165) is 0 Å². The fraction of sp³-hybridized carbons (Fsp3) is 0.300. The highest BCUT2D eigenvalue weighted by Gasteiger charge is 2.21. The summed E-state index contributed by atoms with van der Waals surface area (Å²) in [5.41, 5.74) is 1.01. The summed E-state index contributed by atoms with van der Waals surface area (Å²) in [7, 11) is 4.27. The lowest BCUT2D eigenvalue weighted by Gasteiger charge is -2.20. The molecule has 0 unspecified atom stereocenters. The van der Waals surface area contributed by atoms with Gasteiger partial charge in [-0.1, -0.05) is 6.07 Å². The Kier molecular flexibility index (Phi) is 7.96. The van der Waals surface area contributed by atoms with Crippen molar-refractivity contribution in [2.45, 2.75) is 12.5 Å². The van der Waals surface area contributed by atoms with Crippen LogP contribution in [0.4, 0.5) is 0 Å². The highest BCUT2D eigenvalue weighted by Crippen LogP contribution is 2.31. The first kappa shape index (κ1) is 21.7. The number of aromatic nitrogens is 1. The fourth-order valence-corrected chi connectivity index (χ4v) is 2.58. The molecule has 0 saturated carbocycles. The molecule has 0 radical (unpaired) electrons. The minimum atomic E-state index is -0.674. The molecule has 0 aliphatic rings. The van der Waals surface area contributed by atoms with Crippen molar-refractivity contribution >= 4 is 17.8 Å². The second kappa shape index (κ2) is 10.6. The number of amides is 2. The van der Waals surface area contributed by atoms with Crippen molar-refractivity contribution in [3.63, 3.8) is 0 Å². The van der Waals surface area contributed by atoms with Gasteiger partial charge >= 0.3 is 5.97 Å². The molecule has 0 bridgehead atoms. The van der Waals surface area contributed by atoms with E-state index < -0.39 is 23.8 Å². The van der Waals surface area contributed by atoms with Crippen molar-refractivity contribution in [2.24, 2.45) is 0 Å². The number of nitrogens with one attached hydrogen (secondary N) is 2. The Balaban J connectivity index is 2.09. The van der Waals surface area contributed by atoms with Gasteiger partial charge < -0.3 is 24.8 Å². The highest BCUT2D eigenvalue weighted by molar-refractivity contribution is 5.96. The van der Waals surface area contributed by atoms with Gasteiger partial charge in [-0.25, -0.2) is 0 Å². The largest absolute Gasteiger partial charge is 0.493 e. The average Bonchev–Trinajstić information content (AvgIpc) is 2.76. The lowest BCUT2D eigenvalue weighted by molar-refractivity contribution is -0.141. The van der Waals surface area contributed by atoms with Crippen LogP contribution in [0.5, 0.6) is 11.5 Å². The summed E-state index contributed by atoms with van der Waals surface area (Å²) in [6, 6.07) is 7.46. The third-order valence-corrected chi connectivity index (χ3v) is 4.10. The molecule has 2 aromatic rings. The average molecular weight is 401 g/mol. The van der Waals surface area contributed by atoms with Gasteiger partial charge in [-0.15, -0.1) is 0 Å². The van der Waals surface area contributed by atoms with Crippen molar-refractivity contribution < 1.29 is 28.6 Å². The number of carbonyl (C=O) groups is 3. The Morgan fingerprint density at radius 2 is 1.69 bits per heavy atom. The SMILES string of the molecule is COC(=O)C[C@@H](NC(=O)CNC(=O)c1ccncc1)c1ccc(OC)c(OC)c1. The van der Waals surface area contributed by atoms with Gasteiger partial charge in [0, 0.05) is 18.0 Å². The molecular formula is C20H23N3O6. The van der Waals surface area contributed by atoms with Crippen LogP contribution in [0.1, 0.15) is 28.4 Å². The van der Waals surface area contributed by atoms with Crippen LogP contribution in [-0.4, -0.2) is 50.6 Å². The standard InChI is InChI=1S/C20H23N3O6/c1-27-16-5-4-14(10-17(16)28-2)15(11-19(25)29-3)23-18(24)12-22-20(26)13-6-8-21-9-7-13/h4-10,15H,11-12H2,1-3H3,(H,22,26)(H,23,24)/t15-/m1/s1. The minimum Gasteiger partial charge on any atom is -0.493 e. The molecule has 9 nitrogen and oxygen atoms in total. The summed E-state index contributed by atoms with van der Waals surface area (Å²) in [6.45, 7) is -0.258. The van der Waals surface area contributed by atoms with E-state index in [1.54, 1.807) is 18.2 Å². The number of nitrogens with zero attached hydrogens (tertiary/aromatic N) is 1. The Morgan fingerprint density at radius 1 is 1.00 bits per heavy atom. The third kappa shape index (κ3) is 6.20. The number of pyridine rings is 1. The molecule has 29 heavy (non-hydrogen) atoms. The van der Waals surface area contributed by atoms with Crippen LogP contribution in [0.3, 0.4) is 0 Å². The molecular weight excluding hydrogens is 378 g/mol. The molecule has 1 atom stereocenters. The maximum atomic E-state index is 12.4. The third-order valence-electron chi connectivity index (χ3n) is 4.10. The molecule has 0 saturated heterocycles. The van der Waals surface area contributed by atoms with E-state index in [0.29, 0.717) is 22.6 Å². The van der Waals surface area contributed by atoms with E-state index in [4.69, 9.17) is 14.2 Å². The lowest BCUT2D eigenvalue weighted by atomic mass is 10.0. The Morgan fingerprint density at radius 3 is 2.31 bits per heavy atom. The van der Waals surface area contributed by atoms with Crippen molar-refractivity contribution in [2.75, 3.05) is 27.9 Å². The summed E-state index contributed by atoms with van der Waals surface area (Å²) >= 11 is 0. The maximum absolute atomic E-state index is 12.4. The summed E-state index contributed by atoms with van der Waals surface area (Å²) in [4.78, 5) is 40.1. The van der Waals surface area contributed by atoms with Crippen LogP contribution in [0.15, 0.2) is 42.7 Å². The molecule has 1 aromatic carbocycles. The molecule has 0 aliphatic carbocycles. The number of esters is 1. The molecule has 1 aromatic heterocycles. The van der Waals surface area contributed by atoms with Crippen molar-refractivity contribution in [3.05, 3.63) is 53.9 Å². The zero-order chi connectivity index (χ0) is 21.2. The van der Waals surface area contributed by atoms with E-state index in [1.165, 1.54) is 45.9 Å². The van der Waals surface area contributed by atoms with Crippen LogP contribution in [0, 0.1) is 0 Å². The second-order valence-corrected chi connectivity index (χ2v) is 5.93. The van der Waals surface area contributed by atoms with Crippen molar-refractivity contribution in [1.29, 1.82) is 0 Å². The Labute approximate surface area is 168 Å². The molecule has 2 amide bonds. The van der Waals surface area contributed by atoms with Gasteiger partial charge in [0.15, 0.2) is 11.5 Å². The van der Waals surface area contributed by atoms with Gasteiger partial charge in [0.1, 0.15) is 0 Å². The van der Waals surface area contributed by atoms with E-state index in [-0.39, 0.29) is 13.0 Å². The predicted octanol–water partition coefficient (Wildman–Crippen LogP) is 1.25. The smallest absolute Gasteiger partial charge is 0.307 e. The molecule has 0 aliphatic heterocycles. The molecule has 1 heterocycles. The summed E-state index contributed by atoms with van der Waals surface area (Å²) < 4.78 is 15.2. The summed E-state index contributed by atoms with van der Waals surface area (Å²) in [6.07, 6.45) is 2.88. The predicted molar refractivity (Wildman–Crippen MR) is 104 cm³/mol. The first-order valence-electron chi connectivity index (χ1n) is 8.74. The van der Waals surface area contributed by atoms with Gasteiger partial charge in [0.2, 0.25) is 5.91 Å². The van der Waals surface area contributed by atoms with Gasteiger partial charge in [-0.05, 0) is 29.8 Å². The van der Waals surface area contributed by atoms with Crippen LogP contribution >= 0.6 is 0 Å². The van der Waals surface area contributed by atoms with E-state index in [9.17, 15) is 14.4 Å². The Bertz CT molecular complexity index is 857. The van der Waals surface area contributed by atoms with Crippen LogP contribution < -0.4 is 20.1 Å². The van der Waals surface area contributed by atoms with Gasteiger partial charge in [-0.3, -0.25) is 19.4 Å². The quantitative estimate of drug-likeness (QED) is 0.608. The van der Waals surface area contributed by atoms with Crippen molar-refractivity contribution in [1.82, 2.24) is 15.6 Å². The molecule has 0 fully saturated rings. The number of methoxy groups -OCH3 is 3. The molecule has 9 heteroatoms. The number of carbonyl (C=O) groups excluding carboxylic acids is 3. The lowest BCUT2D eigenvalue weighted by Crippen LogP contribution is -2.39. The highest BCUT2D eigenvalue weighted by atomic mass is 16.5. The molecule has 0 spiro atoms. The van der Waals surface area contributed by atoms with E-state index in [2.05, 4.69) is 15.6 Å². The molecule has 154 valence electrons. The topological polar surface area (TPSA) is 116 Å². The van der Waals surface area contributed by atoms with Gasteiger partial charge in [-0.2, -0.15) is 0 Å². The van der Waals surface area contributed by atoms with Gasteiger partial charge in [0.25, 0.3) is 5.91 Å². The van der Waals surface area contributed by atoms with Crippen molar-refractivity contribution in [3.8, 4) is 11.5 Å². The molecule has 2 N–H and O–H groups in total. The number of benzene rings is 1. The van der Waals surface area contributed by atoms with E-state index >= 15 is 0 Å². The monoisotopic (exact) mass is 401 g/mol. The van der Waals surface area contributed by atoms with Crippen LogP contribution in [0.2, 0.25) is 0 Å². The second-order valence-electron chi connectivity index (χ2n) is 5.93. The summed E-state index contributed by atoms with van der Waals surface area (Å²) in [5, 5.41) is 5.25. The Hall–Kier alpha value is -3.62. The summed E-state index contributed by atoms with van der Waals surface area (Å²) in [5.74, 6) is -0.385. The number of rotatable bonds is 9. The number of ether oxygens (including phenoxy) is 3. The fourth-order valence-electron chi connectivity index (χ4n) is 2.58. The maximum Gasteiger partial charge on any atom is 0.307 e. The normalized spacial score (nSPS) is 11.1. The first-order chi connectivity index (χ1) is 14.0. The zero-order valence-corrected chi connectivity index (χ0v) is 16.4. The van der Waals surface area contributed by atoms with Crippen LogP contribution in [-0.2, 0) is 14.3 Å². The number of hydrogen-bond acceptors (Lipinski definition) is 7. The number of hydrogen-bond donors (Lipinski definition) is 2.